The minimum atomic E-state index is -0.181. The second kappa shape index (κ2) is 8.25. The van der Waals surface area contributed by atoms with Gasteiger partial charge in [-0.1, -0.05) is 42.8 Å². The van der Waals surface area contributed by atoms with Crippen molar-refractivity contribution in [2.45, 2.75) is 51.6 Å². The molecular formula is C22H27ClO2. The Bertz CT molecular complexity index is 686. The van der Waals surface area contributed by atoms with Gasteiger partial charge in [-0.25, -0.2) is 0 Å². The van der Waals surface area contributed by atoms with Crippen molar-refractivity contribution in [2.75, 3.05) is 6.61 Å². The lowest BCUT2D eigenvalue weighted by atomic mass is 9.77. The Morgan fingerprint density at radius 3 is 2.52 bits per heavy atom. The first-order valence-corrected chi connectivity index (χ1v) is 9.61. The quantitative estimate of drug-likeness (QED) is 0.754. The fraction of sp³-hybridized carbons (Fsp3) is 0.455. The summed E-state index contributed by atoms with van der Waals surface area (Å²) in [6.07, 6.45) is 3.54. The van der Waals surface area contributed by atoms with E-state index in [2.05, 4.69) is 31.2 Å². The van der Waals surface area contributed by atoms with Crippen LogP contribution < -0.4 is 4.74 Å². The summed E-state index contributed by atoms with van der Waals surface area (Å²) in [5.41, 5.74) is 3.67. The highest BCUT2D eigenvalue weighted by atomic mass is 35.5. The van der Waals surface area contributed by atoms with Crippen LogP contribution >= 0.6 is 11.6 Å². The molecule has 3 unspecified atom stereocenters. The van der Waals surface area contributed by atoms with Crippen LogP contribution in [0.4, 0.5) is 0 Å². The molecule has 0 bridgehead atoms. The van der Waals surface area contributed by atoms with Gasteiger partial charge in [0, 0.05) is 5.02 Å². The van der Waals surface area contributed by atoms with E-state index >= 15 is 0 Å². The van der Waals surface area contributed by atoms with Crippen LogP contribution in [0.5, 0.6) is 5.75 Å². The van der Waals surface area contributed by atoms with Gasteiger partial charge in [-0.05, 0) is 79.3 Å². The number of rotatable bonds is 5. The predicted molar refractivity (Wildman–Crippen MR) is 104 cm³/mol. The number of ether oxygens (including phenoxy) is 1. The lowest BCUT2D eigenvalue weighted by Gasteiger charge is -2.31. The number of hydrogen-bond acceptors (Lipinski definition) is 2. The summed E-state index contributed by atoms with van der Waals surface area (Å²) in [6.45, 7) is 4.90. The van der Waals surface area contributed by atoms with Crippen LogP contribution in [0.2, 0.25) is 5.02 Å². The molecule has 0 saturated heterocycles. The summed E-state index contributed by atoms with van der Waals surface area (Å²) in [6, 6.07) is 14.6. The molecule has 1 saturated carbocycles. The Labute approximate surface area is 155 Å². The summed E-state index contributed by atoms with van der Waals surface area (Å²) in [5.74, 6) is 1.89. The van der Waals surface area contributed by atoms with Gasteiger partial charge in [-0.15, -0.1) is 0 Å². The summed E-state index contributed by atoms with van der Waals surface area (Å²) < 4.78 is 5.50. The van der Waals surface area contributed by atoms with Gasteiger partial charge in [-0.2, -0.15) is 0 Å². The monoisotopic (exact) mass is 358 g/mol. The molecule has 0 aromatic heterocycles. The van der Waals surface area contributed by atoms with E-state index in [-0.39, 0.29) is 6.10 Å². The molecule has 2 aromatic rings. The maximum atomic E-state index is 10.1. The number of hydrogen-bond donors (Lipinski definition) is 1. The molecular weight excluding hydrogens is 332 g/mol. The Morgan fingerprint density at radius 1 is 1.08 bits per heavy atom. The fourth-order valence-electron chi connectivity index (χ4n) is 3.91. The lowest BCUT2D eigenvalue weighted by Crippen LogP contribution is -2.23. The van der Waals surface area contributed by atoms with Crippen molar-refractivity contribution in [1.29, 1.82) is 0 Å². The Hall–Kier alpha value is -1.51. The van der Waals surface area contributed by atoms with Gasteiger partial charge in [0.2, 0.25) is 0 Å². The van der Waals surface area contributed by atoms with Crippen molar-refractivity contribution in [3.8, 4) is 5.75 Å². The highest BCUT2D eigenvalue weighted by Crippen LogP contribution is 2.37. The molecule has 0 amide bonds. The average molecular weight is 359 g/mol. The van der Waals surface area contributed by atoms with E-state index in [0.717, 1.165) is 42.0 Å². The summed E-state index contributed by atoms with van der Waals surface area (Å²) in [5, 5.41) is 10.9. The van der Waals surface area contributed by atoms with Crippen molar-refractivity contribution in [3.63, 3.8) is 0 Å². The molecule has 0 aliphatic heterocycles. The second-order valence-electron chi connectivity index (χ2n) is 7.27. The Balaban J connectivity index is 1.77. The van der Waals surface area contributed by atoms with Gasteiger partial charge in [0.1, 0.15) is 5.75 Å². The first kappa shape index (κ1) is 18.3. The smallest absolute Gasteiger partial charge is 0.119 e. The molecule has 0 heterocycles. The zero-order chi connectivity index (χ0) is 17.8. The van der Waals surface area contributed by atoms with Crippen LogP contribution in [0.15, 0.2) is 42.5 Å². The molecule has 2 aromatic carbocycles. The van der Waals surface area contributed by atoms with Gasteiger partial charge in [0.05, 0.1) is 12.7 Å². The van der Waals surface area contributed by atoms with Crippen molar-refractivity contribution in [1.82, 2.24) is 0 Å². The van der Waals surface area contributed by atoms with E-state index in [4.69, 9.17) is 16.3 Å². The van der Waals surface area contributed by atoms with Crippen LogP contribution in [0.3, 0.4) is 0 Å². The Morgan fingerprint density at radius 2 is 1.84 bits per heavy atom. The Kier molecular flexibility index (Phi) is 6.03. The fourth-order valence-corrected chi connectivity index (χ4v) is 4.10. The molecule has 1 aliphatic rings. The molecule has 0 radical (unpaired) electrons. The molecule has 25 heavy (non-hydrogen) atoms. The molecule has 3 atom stereocenters. The first-order chi connectivity index (χ1) is 12.0. The largest absolute Gasteiger partial charge is 0.494 e. The molecule has 1 N–H and O–H groups in total. The zero-order valence-electron chi connectivity index (χ0n) is 15.0. The molecule has 1 fully saturated rings. The van der Waals surface area contributed by atoms with Gasteiger partial charge in [0.25, 0.3) is 0 Å². The third-order valence-electron chi connectivity index (χ3n) is 5.09. The molecule has 2 nitrogen and oxygen atoms in total. The predicted octanol–water partition coefficient (Wildman–Crippen LogP) is 5.59. The highest BCUT2D eigenvalue weighted by molar-refractivity contribution is 6.31. The summed E-state index contributed by atoms with van der Waals surface area (Å²) >= 11 is 6.45. The normalized spacial score (nSPS) is 23.4. The first-order valence-electron chi connectivity index (χ1n) is 9.23. The minimum absolute atomic E-state index is 0.181. The van der Waals surface area contributed by atoms with Crippen LogP contribution in [0.25, 0.3) is 0 Å². The van der Waals surface area contributed by atoms with Crippen molar-refractivity contribution >= 4 is 11.6 Å². The van der Waals surface area contributed by atoms with Crippen LogP contribution in [-0.2, 0) is 6.42 Å². The highest BCUT2D eigenvalue weighted by Gasteiger charge is 2.26. The third kappa shape index (κ3) is 4.77. The van der Waals surface area contributed by atoms with E-state index in [9.17, 15) is 5.11 Å². The van der Waals surface area contributed by atoms with Crippen molar-refractivity contribution in [3.05, 3.63) is 64.2 Å². The van der Waals surface area contributed by atoms with Crippen LogP contribution in [0, 0.1) is 5.92 Å². The van der Waals surface area contributed by atoms with Crippen molar-refractivity contribution < 1.29 is 9.84 Å². The van der Waals surface area contributed by atoms with Gasteiger partial charge < -0.3 is 9.84 Å². The standard InChI is InChI=1S/C22H27ClO2/c1-3-25-21-7-4-16(5-8-21)12-19-13-17(6-9-22(19)23)18-10-15(2)11-20(24)14-18/h4-9,13,15,18,20,24H,3,10-12,14H2,1-2H3. The average Bonchev–Trinajstić information content (AvgIpc) is 2.58. The van der Waals surface area contributed by atoms with Gasteiger partial charge >= 0.3 is 0 Å². The SMILES string of the molecule is CCOc1ccc(Cc2cc(C3CC(C)CC(O)C3)ccc2Cl)cc1. The van der Waals surface area contributed by atoms with Crippen molar-refractivity contribution in [2.24, 2.45) is 5.92 Å². The van der Waals surface area contributed by atoms with Crippen LogP contribution in [-0.4, -0.2) is 17.8 Å². The molecule has 3 rings (SSSR count). The van der Waals surface area contributed by atoms with Gasteiger partial charge in [-0.3, -0.25) is 0 Å². The van der Waals surface area contributed by atoms with Crippen LogP contribution in [0.1, 0.15) is 55.7 Å². The lowest BCUT2D eigenvalue weighted by molar-refractivity contribution is 0.0945. The zero-order valence-corrected chi connectivity index (χ0v) is 15.8. The molecule has 0 spiro atoms. The maximum absolute atomic E-state index is 10.1. The molecule has 134 valence electrons. The molecule has 1 aliphatic carbocycles. The minimum Gasteiger partial charge on any atom is -0.494 e. The maximum Gasteiger partial charge on any atom is 0.119 e. The summed E-state index contributed by atoms with van der Waals surface area (Å²) in [7, 11) is 0. The van der Waals surface area contributed by atoms with E-state index in [1.165, 1.54) is 11.1 Å². The molecule has 3 heteroatoms. The second-order valence-corrected chi connectivity index (χ2v) is 7.67. The summed E-state index contributed by atoms with van der Waals surface area (Å²) in [4.78, 5) is 0. The van der Waals surface area contributed by atoms with E-state index in [1.54, 1.807) is 0 Å². The van der Waals surface area contributed by atoms with E-state index < -0.39 is 0 Å². The number of halogens is 1. The van der Waals surface area contributed by atoms with E-state index in [0.29, 0.717) is 18.4 Å². The van der Waals surface area contributed by atoms with Gasteiger partial charge in [0.15, 0.2) is 0 Å². The number of aliphatic hydroxyl groups is 1. The topological polar surface area (TPSA) is 29.5 Å². The van der Waals surface area contributed by atoms with E-state index in [1.807, 2.05) is 25.1 Å². The number of aliphatic hydroxyl groups excluding tert-OH is 1. The third-order valence-corrected chi connectivity index (χ3v) is 5.46. The number of benzene rings is 2.